The first-order valence-electron chi connectivity index (χ1n) is 14.1. The maximum Gasteiger partial charge on any atom is 0.486 e. The lowest BCUT2D eigenvalue weighted by atomic mass is 9.96. The molecule has 222 valence electrons. The molecular formula is C28H37F2N7O4. The molecule has 3 unspecified atom stereocenters. The van der Waals surface area contributed by atoms with E-state index < -0.39 is 30.5 Å². The van der Waals surface area contributed by atoms with E-state index in [4.69, 9.17) is 4.74 Å². The van der Waals surface area contributed by atoms with Gasteiger partial charge in [0, 0.05) is 31.3 Å². The van der Waals surface area contributed by atoms with Crippen LogP contribution in [-0.4, -0.2) is 81.6 Å². The molecule has 13 heteroatoms. The van der Waals surface area contributed by atoms with Gasteiger partial charge in [-0.2, -0.15) is 5.10 Å². The number of nitrogens with zero attached hydrogens (tertiary/aromatic N) is 5. The topological polar surface area (TPSA) is 115 Å². The summed E-state index contributed by atoms with van der Waals surface area (Å²) >= 11 is 0. The molecule has 0 aliphatic carbocycles. The molecule has 2 N–H and O–H groups in total. The number of hydrogen-bond donors (Lipinski definition) is 2. The lowest BCUT2D eigenvalue weighted by Gasteiger charge is -2.36. The van der Waals surface area contributed by atoms with Crippen LogP contribution in [0.25, 0.3) is 0 Å². The summed E-state index contributed by atoms with van der Waals surface area (Å²) < 4.78 is 36.1. The number of hydrazine groups is 1. The number of nitrogens with one attached hydrogen (secondary N) is 2. The molecule has 4 atom stereocenters. The van der Waals surface area contributed by atoms with Crippen LogP contribution in [0.1, 0.15) is 80.8 Å². The van der Waals surface area contributed by atoms with Gasteiger partial charge in [0.2, 0.25) is 5.91 Å². The third kappa shape index (κ3) is 5.84. The maximum atomic E-state index is 13.4. The first kappa shape index (κ1) is 29.1. The second-order valence-electron chi connectivity index (χ2n) is 11.0. The highest BCUT2D eigenvalue weighted by Gasteiger charge is 2.47. The molecule has 0 spiro atoms. The van der Waals surface area contributed by atoms with Crippen LogP contribution in [-0.2, 0) is 20.7 Å². The Morgan fingerprint density at radius 3 is 2.73 bits per heavy atom. The molecule has 0 saturated carbocycles. The molecule has 41 heavy (non-hydrogen) atoms. The summed E-state index contributed by atoms with van der Waals surface area (Å²) in [7, 11) is 0. The average Bonchev–Trinajstić information content (AvgIpc) is 3.52. The van der Waals surface area contributed by atoms with E-state index in [2.05, 4.69) is 45.1 Å². The Balaban J connectivity index is 1.29. The molecule has 4 heterocycles. The van der Waals surface area contributed by atoms with Crippen molar-refractivity contribution in [1.29, 1.82) is 0 Å². The van der Waals surface area contributed by atoms with Gasteiger partial charge in [0.1, 0.15) is 6.54 Å². The van der Waals surface area contributed by atoms with Crippen molar-refractivity contribution in [3.05, 3.63) is 47.0 Å². The number of hydrazone groups is 1. The van der Waals surface area contributed by atoms with Crippen LogP contribution in [0.4, 0.5) is 14.5 Å². The molecule has 3 aliphatic rings. The molecule has 2 amide bonds. The number of imidazole rings is 1. The number of benzene rings is 1. The monoisotopic (exact) mass is 573 g/mol. The number of aromatic amines is 1. The van der Waals surface area contributed by atoms with Gasteiger partial charge >= 0.3 is 6.29 Å². The number of H-pyrrole nitrogens is 1. The van der Waals surface area contributed by atoms with Crippen LogP contribution < -0.4 is 10.4 Å². The molecule has 2 aromatic rings. The Morgan fingerprint density at radius 2 is 2.05 bits per heavy atom. The van der Waals surface area contributed by atoms with E-state index in [1.807, 2.05) is 37.2 Å². The number of halogens is 2. The largest absolute Gasteiger partial charge is 0.486 e. The third-order valence-corrected chi connectivity index (χ3v) is 7.87. The van der Waals surface area contributed by atoms with Crippen molar-refractivity contribution in [3.63, 3.8) is 0 Å². The lowest BCUT2D eigenvalue weighted by molar-refractivity contribution is -0.350. The normalized spacial score (nSPS) is 24.0. The van der Waals surface area contributed by atoms with Gasteiger partial charge in [-0.15, -0.1) is 8.78 Å². The molecule has 1 saturated heterocycles. The van der Waals surface area contributed by atoms with E-state index in [0.717, 1.165) is 16.8 Å². The van der Waals surface area contributed by atoms with Crippen molar-refractivity contribution in [2.24, 2.45) is 5.10 Å². The first-order valence-corrected chi connectivity index (χ1v) is 14.1. The minimum absolute atomic E-state index is 0.203. The smallest absolute Gasteiger partial charge is 0.346 e. The second-order valence-corrected chi connectivity index (χ2v) is 11.0. The molecule has 0 bridgehead atoms. The lowest BCUT2D eigenvalue weighted by Crippen LogP contribution is -2.54. The number of anilines is 1. The van der Waals surface area contributed by atoms with E-state index in [-0.39, 0.29) is 30.2 Å². The van der Waals surface area contributed by atoms with Crippen molar-refractivity contribution in [3.8, 4) is 0 Å². The number of ether oxygens (including phenoxy) is 2. The van der Waals surface area contributed by atoms with Crippen LogP contribution in [0, 0.1) is 0 Å². The second kappa shape index (κ2) is 11.5. The van der Waals surface area contributed by atoms with Crippen LogP contribution in [0.5, 0.6) is 0 Å². The summed E-state index contributed by atoms with van der Waals surface area (Å²) in [4.78, 5) is 35.7. The Hall–Kier alpha value is -3.42. The molecule has 11 nitrogen and oxygen atoms in total. The Morgan fingerprint density at radius 1 is 1.27 bits per heavy atom. The van der Waals surface area contributed by atoms with E-state index in [1.165, 1.54) is 11.3 Å². The number of hydrogen-bond acceptors (Lipinski definition) is 8. The molecule has 1 fully saturated rings. The maximum absolute atomic E-state index is 13.4. The zero-order chi connectivity index (χ0) is 29.5. The molecule has 0 radical (unpaired) electrons. The van der Waals surface area contributed by atoms with E-state index >= 15 is 0 Å². The number of carbonyl (C=O) groups excluding carboxylic acids is 2. The average molecular weight is 574 g/mol. The summed E-state index contributed by atoms with van der Waals surface area (Å²) in [5.41, 5.74) is 7.20. The van der Waals surface area contributed by atoms with E-state index in [0.29, 0.717) is 31.5 Å². The SMILES string of the molecule is CCN(C(=O)CN1NC(c2ccc3c(c2)CC=NN3C(C)C)c2[nH]cnc2C1=O)C(C)CC[C@@H]1OC(F)(F)OC1C. The van der Waals surface area contributed by atoms with Crippen molar-refractivity contribution in [2.75, 3.05) is 18.1 Å². The number of carbonyl (C=O) groups is 2. The molecule has 1 aromatic carbocycles. The van der Waals surface area contributed by atoms with Crippen LogP contribution in [0.2, 0.25) is 0 Å². The van der Waals surface area contributed by atoms with Gasteiger partial charge in [-0.05, 0) is 64.7 Å². The predicted molar refractivity (Wildman–Crippen MR) is 147 cm³/mol. The van der Waals surface area contributed by atoms with Gasteiger partial charge in [-0.1, -0.05) is 12.1 Å². The number of alkyl halides is 2. The van der Waals surface area contributed by atoms with Gasteiger partial charge < -0.3 is 9.88 Å². The first-order chi connectivity index (χ1) is 19.5. The van der Waals surface area contributed by atoms with E-state index in [9.17, 15) is 18.4 Å². The van der Waals surface area contributed by atoms with Crippen molar-refractivity contribution >= 4 is 23.7 Å². The van der Waals surface area contributed by atoms with Crippen LogP contribution in [0.15, 0.2) is 29.6 Å². The molecular weight excluding hydrogens is 536 g/mol. The van der Waals surface area contributed by atoms with Gasteiger partial charge in [-0.3, -0.25) is 29.1 Å². The zero-order valence-electron chi connectivity index (χ0n) is 23.9. The summed E-state index contributed by atoms with van der Waals surface area (Å²) in [5, 5.41) is 7.80. The Bertz CT molecular complexity index is 1320. The fraction of sp³-hybridized carbons (Fsp3) is 0.571. The highest BCUT2D eigenvalue weighted by atomic mass is 19.3. The summed E-state index contributed by atoms with van der Waals surface area (Å²) in [5.74, 6) is -0.673. The van der Waals surface area contributed by atoms with Crippen molar-refractivity contribution in [2.45, 2.75) is 90.5 Å². The Kier molecular flexibility index (Phi) is 8.13. The van der Waals surface area contributed by atoms with Crippen LogP contribution in [0.3, 0.4) is 0 Å². The van der Waals surface area contributed by atoms with Crippen LogP contribution >= 0.6 is 0 Å². The highest BCUT2D eigenvalue weighted by molar-refractivity contribution is 5.96. The summed E-state index contributed by atoms with van der Waals surface area (Å²) in [6.45, 7) is 9.59. The fourth-order valence-electron chi connectivity index (χ4n) is 5.74. The Labute approximate surface area is 237 Å². The zero-order valence-corrected chi connectivity index (χ0v) is 23.9. The summed E-state index contributed by atoms with van der Waals surface area (Å²) in [6.07, 6.45) is -0.305. The number of aromatic nitrogens is 2. The van der Waals surface area contributed by atoms with E-state index in [1.54, 1.807) is 11.8 Å². The standard InChI is InChI=1S/C28H37F2N7O4/c1-6-35(17(4)7-10-22-18(5)40-28(29,30)41-22)23(38)14-36-27(39)26-25(31-15-32-26)24(34-36)20-8-9-21-19(13-20)11-12-33-37(21)16(2)3/h8-9,12-13,15-18,22,24,34H,6-7,10-11,14H2,1-5H3,(H,31,32)/t17?,18?,22-,24?/m0/s1. The fourth-order valence-corrected chi connectivity index (χ4v) is 5.74. The van der Waals surface area contributed by atoms with Gasteiger partial charge in [-0.25, -0.2) is 10.4 Å². The van der Waals surface area contributed by atoms with Gasteiger partial charge in [0.25, 0.3) is 5.91 Å². The third-order valence-electron chi connectivity index (χ3n) is 7.87. The number of rotatable bonds is 9. The van der Waals surface area contributed by atoms with Crippen molar-refractivity contribution in [1.82, 2.24) is 25.3 Å². The number of fused-ring (bicyclic) bond motifs is 2. The molecule has 5 rings (SSSR count). The highest BCUT2D eigenvalue weighted by Crippen LogP contribution is 2.35. The summed E-state index contributed by atoms with van der Waals surface area (Å²) in [6, 6.07) is 5.63. The minimum Gasteiger partial charge on any atom is -0.346 e. The van der Waals surface area contributed by atoms with Crippen molar-refractivity contribution < 1.29 is 27.8 Å². The van der Waals surface area contributed by atoms with Gasteiger partial charge in [0.15, 0.2) is 5.69 Å². The molecule has 1 aromatic heterocycles. The predicted octanol–water partition coefficient (Wildman–Crippen LogP) is 3.59. The minimum atomic E-state index is -3.59. The number of amides is 2. The quantitative estimate of drug-likeness (QED) is 0.471. The number of likely N-dealkylation sites (N-methyl/N-ethyl adjacent to an activating group) is 1. The molecule has 3 aliphatic heterocycles. The van der Waals surface area contributed by atoms with Gasteiger partial charge in [0.05, 0.1) is 36.0 Å².